The van der Waals surface area contributed by atoms with Crippen molar-refractivity contribution in [3.63, 3.8) is 0 Å². The van der Waals surface area contributed by atoms with Gasteiger partial charge in [0.15, 0.2) is 0 Å². The van der Waals surface area contributed by atoms with Gasteiger partial charge in [-0.2, -0.15) is 9.67 Å². The molecule has 9 heteroatoms. The molecule has 3 aromatic carbocycles. The van der Waals surface area contributed by atoms with Crippen LogP contribution in [0.3, 0.4) is 0 Å². The van der Waals surface area contributed by atoms with Gasteiger partial charge < -0.3 is 20.1 Å². The maximum absolute atomic E-state index is 13.2. The number of carbonyl (C=O) groups is 1. The van der Waals surface area contributed by atoms with Crippen LogP contribution in [0, 0.1) is 0 Å². The van der Waals surface area contributed by atoms with Crippen LogP contribution in [0.2, 0.25) is 5.02 Å². The summed E-state index contributed by atoms with van der Waals surface area (Å²) < 4.78 is 12.1. The Labute approximate surface area is 202 Å². The average Bonchev–Trinajstić information content (AvgIpc) is 3.29. The molecule has 2 N–H and O–H groups in total. The van der Waals surface area contributed by atoms with Gasteiger partial charge in [0, 0.05) is 34.8 Å². The van der Waals surface area contributed by atoms with Crippen LogP contribution < -0.4 is 20.1 Å². The Morgan fingerprint density at radius 3 is 2.12 bits per heavy atom. The molecular weight excluding hydrogens is 454 g/mol. The van der Waals surface area contributed by atoms with Gasteiger partial charge in [-0.1, -0.05) is 54.1 Å². The molecule has 1 aromatic heterocycles. The highest BCUT2D eigenvalue weighted by molar-refractivity contribution is 6.31. The van der Waals surface area contributed by atoms with E-state index in [0.29, 0.717) is 35.6 Å². The fourth-order valence-electron chi connectivity index (χ4n) is 3.43. The van der Waals surface area contributed by atoms with E-state index in [1.165, 1.54) is 4.68 Å². The molecule has 0 aliphatic heterocycles. The number of anilines is 2. The minimum atomic E-state index is -0.358. The molecule has 0 aliphatic carbocycles. The van der Waals surface area contributed by atoms with E-state index in [1.807, 2.05) is 48.5 Å². The summed E-state index contributed by atoms with van der Waals surface area (Å²) in [5.74, 6) is 1.71. The van der Waals surface area contributed by atoms with Crippen LogP contribution >= 0.6 is 11.6 Å². The summed E-state index contributed by atoms with van der Waals surface area (Å²) in [5.41, 5.74) is 2.25. The van der Waals surface area contributed by atoms with Gasteiger partial charge in [-0.15, -0.1) is 5.10 Å². The van der Waals surface area contributed by atoms with Crippen molar-refractivity contribution in [3.05, 3.63) is 94.5 Å². The van der Waals surface area contributed by atoms with E-state index in [-0.39, 0.29) is 5.91 Å². The van der Waals surface area contributed by atoms with Crippen LogP contribution in [-0.4, -0.2) is 34.9 Å². The lowest BCUT2D eigenvalue weighted by Gasteiger charge is -2.10. The van der Waals surface area contributed by atoms with Crippen molar-refractivity contribution in [1.82, 2.24) is 14.8 Å². The van der Waals surface area contributed by atoms with Crippen molar-refractivity contribution in [2.24, 2.45) is 0 Å². The zero-order valence-electron chi connectivity index (χ0n) is 18.8. The highest BCUT2D eigenvalue weighted by Gasteiger charge is 2.19. The fraction of sp³-hybridized carbons (Fsp3) is 0.160. The second-order valence-electron chi connectivity index (χ2n) is 7.32. The summed E-state index contributed by atoms with van der Waals surface area (Å²) in [6, 6.07) is 22.0. The third-order valence-corrected chi connectivity index (χ3v) is 5.37. The minimum Gasteiger partial charge on any atom is -0.496 e. The Hall–Kier alpha value is -4.04. The van der Waals surface area contributed by atoms with Gasteiger partial charge in [0.1, 0.15) is 11.5 Å². The number of halogens is 1. The molecule has 0 radical (unpaired) electrons. The lowest BCUT2D eigenvalue weighted by Crippen LogP contribution is -2.17. The van der Waals surface area contributed by atoms with Crippen molar-refractivity contribution in [2.75, 3.05) is 24.9 Å². The fourth-order valence-corrected chi connectivity index (χ4v) is 3.62. The monoisotopic (exact) mass is 477 g/mol. The zero-order chi connectivity index (χ0) is 23.9. The molecule has 0 saturated heterocycles. The van der Waals surface area contributed by atoms with Crippen LogP contribution in [0.1, 0.15) is 21.5 Å². The van der Waals surface area contributed by atoms with Crippen LogP contribution in [0.25, 0.3) is 0 Å². The van der Waals surface area contributed by atoms with Gasteiger partial charge in [0.05, 0.1) is 14.2 Å². The van der Waals surface area contributed by atoms with E-state index in [1.54, 1.807) is 38.5 Å². The number of ether oxygens (including phenoxy) is 2. The van der Waals surface area contributed by atoms with E-state index < -0.39 is 0 Å². The molecule has 1 heterocycles. The van der Waals surface area contributed by atoms with Crippen LogP contribution in [-0.2, 0) is 13.1 Å². The van der Waals surface area contributed by atoms with Gasteiger partial charge >= 0.3 is 0 Å². The quantitative estimate of drug-likeness (QED) is 0.355. The summed E-state index contributed by atoms with van der Waals surface area (Å²) in [6.45, 7) is 0.808. The Balaban J connectivity index is 1.61. The number of benzene rings is 3. The van der Waals surface area contributed by atoms with Crippen molar-refractivity contribution < 1.29 is 14.3 Å². The lowest BCUT2D eigenvalue weighted by atomic mass is 10.2. The normalized spacial score (nSPS) is 10.6. The average molecular weight is 478 g/mol. The van der Waals surface area contributed by atoms with Crippen LogP contribution in [0.15, 0.2) is 72.8 Å². The van der Waals surface area contributed by atoms with Gasteiger partial charge in [0.2, 0.25) is 11.9 Å². The van der Waals surface area contributed by atoms with Gasteiger partial charge in [-0.25, -0.2) is 0 Å². The maximum atomic E-state index is 13.2. The number of nitrogens with zero attached hydrogens (tertiary/aromatic N) is 3. The number of para-hydroxylation sites is 2. The van der Waals surface area contributed by atoms with E-state index in [0.717, 1.165) is 22.6 Å². The first-order valence-corrected chi connectivity index (χ1v) is 11.0. The molecule has 174 valence electrons. The largest absolute Gasteiger partial charge is 0.496 e. The molecular formula is C25H24ClN5O3. The van der Waals surface area contributed by atoms with Crippen molar-refractivity contribution >= 4 is 29.4 Å². The van der Waals surface area contributed by atoms with Gasteiger partial charge in [-0.3, -0.25) is 4.79 Å². The first-order chi connectivity index (χ1) is 16.6. The Morgan fingerprint density at radius 2 is 1.50 bits per heavy atom. The number of rotatable bonds is 9. The lowest BCUT2D eigenvalue weighted by molar-refractivity contribution is 0.0947. The minimum absolute atomic E-state index is 0.290. The second-order valence-corrected chi connectivity index (χ2v) is 7.75. The predicted octanol–water partition coefficient (Wildman–Crippen LogP) is 4.86. The van der Waals surface area contributed by atoms with E-state index >= 15 is 0 Å². The Morgan fingerprint density at radius 1 is 0.882 bits per heavy atom. The molecule has 0 unspecified atom stereocenters. The first kappa shape index (κ1) is 23.1. The molecule has 0 saturated carbocycles. The Kier molecular flexibility index (Phi) is 7.29. The van der Waals surface area contributed by atoms with Crippen molar-refractivity contribution in [2.45, 2.75) is 13.1 Å². The number of hydrogen-bond donors (Lipinski definition) is 2. The SMILES string of the molecule is COc1ccccc1CNc1nc(NCc2ccccc2OC)n(C(=O)c2cccc(Cl)c2)n1. The smallest absolute Gasteiger partial charge is 0.281 e. The third-order valence-electron chi connectivity index (χ3n) is 5.13. The van der Waals surface area contributed by atoms with E-state index in [2.05, 4.69) is 20.7 Å². The molecule has 0 aliphatic rings. The Bertz CT molecular complexity index is 1290. The molecule has 34 heavy (non-hydrogen) atoms. The summed E-state index contributed by atoms with van der Waals surface area (Å²) in [4.78, 5) is 17.7. The maximum Gasteiger partial charge on any atom is 0.281 e. The van der Waals surface area contributed by atoms with Gasteiger partial charge in [-0.05, 0) is 30.3 Å². The molecule has 0 atom stereocenters. The number of methoxy groups -OCH3 is 2. The van der Waals surface area contributed by atoms with Gasteiger partial charge in [0.25, 0.3) is 5.91 Å². The number of aromatic nitrogens is 3. The predicted molar refractivity (Wildman–Crippen MR) is 132 cm³/mol. The summed E-state index contributed by atoms with van der Waals surface area (Å²) in [7, 11) is 3.24. The zero-order valence-corrected chi connectivity index (χ0v) is 19.5. The highest BCUT2D eigenvalue weighted by atomic mass is 35.5. The second kappa shape index (κ2) is 10.7. The molecule has 0 bridgehead atoms. The first-order valence-electron chi connectivity index (χ1n) is 10.6. The number of carbonyl (C=O) groups excluding carboxylic acids is 1. The highest BCUT2D eigenvalue weighted by Crippen LogP contribution is 2.22. The van der Waals surface area contributed by atoms with Crippen molar-refractivity contribution in [1.29, 1.82) is 0 Å². The number of hydrogen-bond acceptors (Lipinski definition) is 7. The molecule has 0 fully saturated rings. The molecule has 4 rings (SSSR count). The molecule has 0 spiro atoms. The molecule has 4 aromatic rings. The third kappa shape index (κ3) is 5.29. The molecule has 0 amide bonds. The summed E-state index contributed by atoms with van der Waals surface area (Å²) in [6.07, 6.45) is 0. The van der Waals surface area contributed by atoms with Crippen LogP contribution in [0.5, 0.6) is 11.5 Å². The van der Waals surface area contributed by atoms with E-state index in [4.69, 9.17) is 21.1 Å². The standard InChI is InChI=1S/C25H24ClN5O3/c1-33-21-12-5-3-8-18(21)15-27-24-29-25(28-16-19-9-4-6-13-22(19)34-2)31(30-24)23(32)17-10-7-11-20(26)14-17/h3-14H,15-16H2,1-2H3,(H2,27,28,29,30). The summed E-state index contributed by atoms with van der Waals surface area (Å²) >= 11 is 6.09. The summed E-state index contributed by atoms with van der Waals surface area (Å²) in [5, 5.41) is 11.2. The van der Waals surface area contributed by atoms with E-state index in [9.17, 15) is 4.79 Å². The van der Waals surface area contributed by atoms with Crippen molar-refractivity contribution in [3.8, 4) is 11.5 Å². The molecule has 8 nitrogen and oxygen atoms in total. The topological polar surface area (TPSA) is 90.3 Å². The van der Waals surface area contributed by atoms with Crippen LogP contribution in [0.4, 0.5) is 11.9 Å². The number of nitrogens with one attached hydrogen (secondary N) is 2.